The molecule has 0 radical (unpaired) electrons. The van der Waals surface area contributed by atoms with Crippen molar-refractivity contribution >= 4 is 0 Å². The first-order chi connectivity index (χ1) is 30.1. The van der Waals surface area contributed by atoms with E-state index >= 15 is 0 Å². The van der Waals surface area contributed by atoms with Crippen LogP contribution in [0.3, 0.4) is 0 Å². The van der Waals surface area contributed by atoms with Crippen molar-refractivity contribution in [3.05, 3.63) is 0 Å². The van der Waals surface area contributed by atoms with Crippen molar-refractivity contribution in [2.75, 3.05) is 54.0 Å². The molecule has 17 N–H and O–H groups in total. The summed E-state index contributed by atoms with van der Waals surface area (Å²) in [7, 11) is 5.52. The molecule has 0 aromatic rings. The molecule has 0 heterocycles. The Morgan fingerprint density at radius 2 is 0.463 bits per heavy atom. The van der Waals surface area contributed by atoms with Gasteiger partial charge in [-0.1, -0.05) is 160 Å². The third-order valence-electron chi connectivity index (χ3n) is 10.6. The standard InChI is InChI=1S/3C6H15NO.C6H15N.3C6H14O.2C5H13NO.CH4/c3*1-5(2)6(8)4-7-3;4*1-4-6(7)5(2)3;2*1-4(2)5(6)3-7;/h3*5-8H,4H2,1-3H3;5-6H,4,7H2,1-3H3;3*5-7H,4H2,1-3H3;2*4-5,7H,3,6H2,1-2H3;1H4/t2*6-;;3*6-;;5-;;/m10.010.1../s1. The molecule has 0 saturated carbocycles. The molecule has 0 saturated heterocycles. The van der Waals surface area contributed by atoms with Crippen molar-refractivity contribution in [3.63, 3.8) is 0 Å². The Bertz CT molecular complexity index is 697. The van der Waals surface area contributed by atoms with E-state index < -0.39 is 0 Å². The zero-order chi connectivity index (χ0) is 54.9. The van der Waals surface area contributed by atoms with E-state index in [2.05, 4.69) is 36.7 Å². The first-order valence-corrected chi connectivity index (χ1v) is 25.6. The predicted octanol–water partition coefficient (Wildman–Crippen LogP) is 6.85. The van der Waals surface area contributed by atoms with Crippen LogP contribution in [0.15, 0.2) is 0 Å². The quantitative estimate of drug-likeness (QED) is 0.0561. The fourth-order valence-electron chi connectivity index (χ4n) is 3.64. The van der Waals surface area contributed by atoms with Gasteiger partial charge >= 0.3 is 0 Å². The molecule has 0 aliphatic rings. The number of likely N-dealkylation sites (N-methyl/N-ethyl adjacent to an activating group) is 3. The Morgan fingerprint density at radius 3 is 0.478 bits per heavy atom. The lowest BCUT2D eigenvalue weighted by atomic mass is 10.0. The summed E-state index contributed by atoms with van der Waals surface area (Å²) in [5.41, 5.74) is 16.3. The first-order valence-electron chi connectivity index (χ1n) is 25.6. The Balaban J connectivity index is -0.0000000681. The molecule has 14 heteroatoms. The zero-order valence-corrected chi connectivity index (χ0v) is 48.6. The summed E-state index contributed by atoms with van der Waals surface area (Å²) in [4.78, 5) is 0. The lowest BCUT2D eigenvalue weighted by Gasteiger charge is -2.12. The van der Waals surface area contributed by atoms with Crippen LogP contribution in [-0.4, -0.2) is 150 Å². The van der Waals surface area contributed by atoms with Gasteiger partial charge in [0.25, 0.3) is 0 Å². The van der Waals surface area contributed by atoms with Crippen LogP contribution < -0.4 is 33.2 Å². The largest absolute Gasteiger partial charge is 0.395 e. The van der Waals surface area contributed by atoms with E-state index in [-0.39, 0.29) is 69.3 Å². The van der Waals surface area contributed by atoms with Crippen molar-refractivity contribution in [3.8, 4) is 0 Å². The van der Waals surface area contributed by atoms with Gasteiger partial charge in [-0.05, 0) is 100 Å². The maximum Gasteiger partial charge on any atom is 0.0687 e. The van der Waals surface area contributed by atoms with E-state index in [9.17, 15) is 0 Å². The summed E-state index contributed by atoms with van der Waals surface area (Å²) in [5, 5.41) is 79.5. The number of aliphatic hydroxyl groups is 8. The van der Waals surface area contributed by atoms with Gasteiger partial charge in [-0.3, -0.25) is 0 Å². The Kier molecular flexibility index (Phi) is 84.6. The first kappa shape index (κ1) is 89.3. The van der Waals surface area contributed by atoms with Crippen LogP contribution in [0.2, 0.25) is 0 Å². The topological polar surface area (TPSA) is 276 Å². The minimum Gasteiger partial charge on any atom is -0.395 e. The Labute approximate surface area is 420 Å². The number of hydrogen-bond donors (Lipinski definition) is 14. The summed E-state index contributed by atoms with van der Waals surface area (Å²) >= 11 is 0. The summed E-state index contributed by atoms with van der Waals surface area (Å²) in [5.74, 6) is 3.78. The maximum atomic E-state index is 9.06. The molecule has 0 aliphatic heterocycles. The lowest BCUT2D eigenvalue weighted by Crippen LogP contribution is -2.29. The minimum atomic E-state index is -0.194. The Hall–Kier alpha value is -0.560. The SMILES string of the molecule is C.CC(C)C(N)CO.CC(C)[C@H](N)CO.CCC(O)C(C)C.CC[C@@H](O)C(C)C.CC[C@H](N)C(C)C.CC[C@H](O)C(C)C.CNCC(O)C(C)C.CNC[C@@H](O)C(C)C.CNC[C@H](O)C(C)C. The second kappa shape index (κ2) is 63.5. The van der Waals surface area contributed by atoms with Gasteiger partial charge in [0.2, 0.25) is 0 Å². The molecule has 0 aliphatic carbocycles. The molecule has 9 atom stereocenters. The lowest BCUT2D eigenvalue weighted by molar-refractivity contribution is 0.121. The average molecular weight is 982 g/mol. The minimum absolute atomic E-state index is 0. The fraction of sp³-hybridized carbons (Fsp3) is 1.00. The molecule has 3 unspecified atom stereocenters. The number of nitrogens with two attached hydrogens (primary N) is 3. The van der Waals surface area contributed by atoms with Crippen molar-refractivity contribution in [2.45, 2.75) is 240 Å². The van der Waals surface area contributed by atoms with Crippen LogP contribution >= 0.6 is 0 Å². The monoisotopic (exact) mass is 981 g/mol. The van der Waals surface area contributed by atoms with Crippen LogP contribution in [0.4, 0.5) is 0 Å². The number of nitrogens with one attached hydrogen (secondary N) is 3. The van der Waals surface area contributed by atoms with Crippen molar-refractivity contribution in [2.24, 2.45) is 70.5 Å². The highest BCUT2D eigenvalue weighted by atomic mass is 16.3. The van der Waals surface area contributed by atoms with E-state index in [0.717, 1.165) is 25.7 Å². The third kappa shape index (κ3) is 82.7. The van der Waals surface area contributed by atoms with E-state index in [4.69, 9.17) is 58.1 Å². The van der Waals surface area contributed by atoms with E-state index in [0.29, 0.717) is 78.9 Å². The molecular formula is C53H132N6O8. The number of rotatable bonds is 21. The molecular weight excluding hydrogens is 849 g/mol. The Morgan fingerprint density at radius 1 is 0.299 bits per heavy atom. The smallest absolute Gasteiger partial charge is 0.0687 e. The fourth-order valence-corrected chi connectivity index (χ4v) is 3.64. The van der Waals surface area contributed by atoms with Crippen molar-refractivity contribution in [1.82, 2.24) is 16.0 Å². The van der Waals surface area contributed by atoms with Crippen molar-refractivity contribution in [1.29, 1.82) is 0 Å². The molecule has 0 rings (SSSR count). The second-order valence-electron chi connectivity index (χ2n) is 20.3. The van der Waals surface area contributed by atoms with Crippen LogP contribution in [0, 0.1) is 53.3 Å². The number of hydrogen-bond acceptors (Lipinski definition) is 14. The van der Waals surface area contributed by atoms with Crippen LogP contribution in [-0.2, 0) is 0 Å². The van der Waals surface area contributed by atoms with E-state index in [1.54, 1.807) is 0 Å². The average Bonchev–Trinajstić information content (AvgIpc) is 3.26. The molecule has 0 amide bonds. The molecule has 0 bridgehead atoms. The van der Waals surface area contributed by atoms with Gasteiger partial charge in [-0.25, -0.2) is 0 Å². The highest BCUT2D eigenvalue weighted by molar-refractivity contribution is 4.64. The normalized spacial score (nSPS) is 14.6. The molecule has 0 fully saturated rings. The summed E-state index contributed by atoms with van der Waals surface area (Å²) in [6, 6.07) is 0.319. The molecule has 0 spiro atoms. The van der Waals surface area contributed by atoms with Gasteiger partial charge < -0.3 is 74.0 Å². The predicted molar refractivity (Wildman–Crippen MR) is 297 cm³/mol. The van der Waals surface area contributed by atoms with Crippen LogP contribution in [0.1, 0.15) is 185 Å². The van der Waals surface area contributed by atoms with Gasteiger partial charge in [0, 0.05) is 37.8 Å². The highest BCUT2D eigenvalue weighted by Crippen LogP contribution is 2.05. The van der Waals surface area contributed by atoms with Crippen LogP contribution in [0.5, 0.6) is 0 Å². The molecule has 0 aromatic carbocycles. The highest BCUT2D eigenvalue weighted by Gasteiger charge is 2.08. The van der Waals surface area contributed by atoms with Crippen LogP contribution in [0.25, 0.3) is 0 Å². The number of aliphatic hydroxyl groups excluding tert-OH is 8. The summed E-state index contributed by atoms with van der Waals surface area (Å²) in [6.07, 6.45) is 2.84. The maximum absolute atomic E-state index is 9.06. The summed E-state index contributed by atoms with van der Waals surface area (Å²) in [6.45, 7) is 46.7. The second-order valence-corrected chi connectivity index (χ2v) is 20.3. The molecule has 67 heavy (non-hydrogen) atoms. The molecule has 0 aromatic heterocycles. The van der Waals surface area contributed by atoms with E-state index in [1.807, 2.05) is 153 Å². The third-order valence-corrected chi connectivity index (χ3v) is 10.6. The van der Waals surface area contributed by atoms with Gasteiger partial charge in [0.1, 0.15) is 0 Å². The van der Waals surface area contributed by atoms with Crippen molar-refractivity contribution < 1.29 is 40.9 Å². The van der Waals surface area contributed by atoms with Gasteiger partial charge in [0.05, 0.1) is 49.8 Å². The zero-order valence-electron chi connectivity index (χ0n) is 48.6. The van der Waals surface area contributed by atoms with Gasteiger partial charge in [-0.15, -0.1) is 0 Å². The van der Waals surface area contributed by atoms with E-state index in [1.165, 1.54) is 0 Å². The van der Waals surface area contributed by atoms with Gasteiger partial charge in [-0.2, -0.15) is 0 Å². The molecule has 14 nitrogen and oxygen atoms in total. The summed E-state index contributed by atoms with van der Waals surface area (Å²) < 4.78 is 0. The van der Waals surface area contributed by atoms with Gasteiger partial charge in [0.15, 0.2) is 0 Å². The molecule has 422 valence electrons.